The van der Waals surface area contributed by atoms with Crippen molar-refractivity contribution in [3.05, 3.63) is 53.8 Å². The van der Waals surface area contributed by atoms with Crippen molar-refractivity contribution in [1.29, 1.82) is 0 Å². The van der Waals surface area contributed by atoms with Gasteiger partial charge < -0.3 is 14.8 Å². The van der Waals surface area contributed by atoms with Gasteiger partial charge in [-0.15, -0.1) is 0 Å². The van der Waals surface area contributed by atoms with Crippen LogP contribution in [-0.2, 0) is 19.6 Å². The third kappa shape index (κ3) is 5.25. The van der Waals surface area contributed by atoms with Crippen LogP contribution in [0.25, 0.3) is 0 Å². The highest BCUT2D eigenvalue weighted by atomic mass is 32.2. The fraction of sp³-hybridized carbons (Fsp3) is 0.176. The van der Waals surface area contributed by atoms with Gasteiger partial charge in [0.1, 0.15) is 17.1 Å². The first kappa shape index (κ1) is 20.3. The van der Waals surface area contributed by atoms with E-state index >= 15 is 0 Å². The molecule has 0 saturated heterocycles. The zero-order valence-electron chi connectivity index (χ0n) is 14.4. The number of nitrogens with two attached hydrogens (primary N) is 1. The summed E-state index contributed by atoms with van der Waals surface area (Å²) >= 11 is 0. The number of hydrogen-bond donors (Lipinski definition) is 2. The van der Waals surface area contributed by atoms with Crippen molar-refractivity contribution in [2.75, 3.05) is 12.4 Å². The molecule has 10 heteroatoms. The summed E-state index contributed by atoms with van der Waals surface area (Å²) in [6, 6.07) is 8.45. The van der Waals surface area contributed by atoms with Gasteiger partial charge in [0.2, 0.25) is 10.0 Å². The third-order valence-corrected chi connectivity index (χ3v) is 4.40. The average Bonchev–Trinajstić information content (AvgIpc) is 2.62. The summed E-state index contributed by atoms with van der Waals surface area (Å²) < 4.78 is 45.9. The zero-order valence-corrected chi connectivity index (χ0v) is 15.2. The highest BCUT2D eigenvalue weighted by Crippen LogP contribution is 2.23. The molecule has 1 amide bonds. The average molecular weight is 396 g/mol. The van der Waals surface area contributed by atoms with Gasteiger partial charge in [-0.05, 0) is 49.4 Å². The predicted molar refractivity (Wildman–Crippen MR) is 94.3 cm³/mol. The maximum absolute atomic E-state index is 12.9. The largest absolute Gasteiger partial charge is 0.496 e. The minimum atomic E-state index is -4.05. The molecule has 0 fully saturated rings. The predicted octanol–water partition coefficient (Wildman–Crippen LogP) is 1.67. The number of benzene rings is 2. The minimum Gasteiger partial charge on any atom is -0.496 e. The summed E-state index contributed by atoms with van der Waals surface area (Å²) in [6.07, 6.45) is -1.22. The number of methoxy groups -OCH3 is 1. The number of primary sulfonamides is 1. The van der Waals surface area contributed by atoms with Gasteiger partial charge in [-0.1, -0.05) is 0 Å². The Bertz CT molecular complexity index is 960. The molecule has 3 N–H and O–H groups in total. The molecular weight excluding hydrogens is 379 g/mol. The molecule has 0 aromatic heterocycles. The van der Waals surface area contributed by atoms with Crippen molar-refractivity contribution in [2.24, 2.45) is 5.14 Å². The normalized spacial score (nSPS) is 12.1. The first-order chi connectivity index (χ1) is 12.6. The van der Waals surface area contributed by atoms with Gasteiger partial charge in [-0.2, -0.15) is 0 Å². The Morgan fingerprint density at radius 1 is 1.15 bits per heavy atom. The Labute approximate surface area is 155 Å². The van der Waals surface area contributed by atoms with Crippen molar-refractivity contribution in [3.8, 4) is 5.75 Å². The minimum absolute atomic E-state index is 0.0542. The Morgan fingerprint density at radius 3 is 2.33 bits per heavy atom. The quantitative estimate of drug-likeness (QED) is 0.716. The van der Waals surface area contributed by atoms with E-state index in [1.807, 2.05) is 0 Å². The second-order valence-electron chi connectivity index (χ2n) is 5.45. The van der Waals surface area contributed by atoms with Crippen LogP contribution in [0, 0.1) is 5.82 Å². The highest BCUT2D eigenvalue weighted by Gasteiger charge is 2.23. The SMILES string of the molecule is COc1ccc(S(N)(=O)=O)cc1C(=O)O[C@@H](C)C(=O)Nc1ccc(F)cc1. The van der Waals surface area contributed by atoms with E-state index in [0.717, 1.165) is 18.2 Å². The van der Waals surface area contributed by atoms with E-state index in [9.17, 15) is 22.4 Å². The molecule has 2 aromatic carbocycles. The first-order valence-corrected chi connectivity index (χ1v) is 9.14. The monoisotopic (exact) mass is 396 g/mol. The second kappa shape index (κ2) is 8.14. The Balaban J connectivity index is 2.15. The maximum atomic E-state index is 12.9. The number of carbonyl (C=O) groups is 2. The molecule has 144 valence electrons. The number of nitrogens with one attached hydrogen (secondary N) is 1. The summed E-state index contributed by atoms with van der Waals surface area (Å²) in [4.78, 5) is 24.2. The lowest BCUT2D eigenvalue weighted by Crippen LogP contribution is -2.30. The lowest BCUT2D eigenvalue weighted by Gasteiger charge is -2.15. The van der Waals surface area contributed by atoms with Crippen molar-refractivity contribution < 1.29 is 31.9 Å². The third-order valence-electron chi connectivity index (χ3n) is 3.48. The van der Waals surface area contributed by atoms with Crippen LogP contribution in [0.1, 0.15) is 17.3 Å². The van der Waals surface area contributed by atoms with E-state index in [1.54, 1.807) is 0 Å². The molecule has 2 rings (SSSR count). The summed E-state index contributed by atoms with van der Waals surface area (Å²) in [5, 5.41) is 7.51. The van der Waals surface area contributed by atoms with Gasteiger partial charge in [-0.25, -0.2) is 22.7 Å². The van der Waals surface area contributed by atoms with E-state index in [0.29, 0.717) is 5.69 Å². The van der Waals surface area contributed by atoms with Crippen LogP contribution < -0.4 is 15.2 Å². The maximum Gasteiger partial charge on any atom is 0.342 e. The topological polar surface area (TPSA) is 125 Å². The summed E-state index contributed by atoms with van der Waals surface area (Å²) in [7, 11) is -2.76. The number of hydrogen-bond acceptors (Lipinski definition) is 6. The molecule has 0 radical (unpaired) electrons. The van der Waals surface area contributed by atoms with Crippen LogP contribution in [0.4, 0.5) is 10.1 Å². The molecule has 0 aliphatic rings. The van der Waals surface area contributed by atoms with E-state index in [-0.39, 0.29) is 16.2 Å². The standard InChI is InChI=1S/C17H17FN2O6S/c1-10(16(21)20-12-5-3-11(18)4-6-12)26-17(22)14-9-13(27(19,23)24)7-8-15(14)25-2/h3-10H,1-2H3,(H,20,21)(H2,19,23,24)/t10-/m0/s1. The number of carbonyl (C=O) groups excluding carboxylic acids is 2. The fourth-order valence-electron chi connectivity index (χ4n) is 2.08. The Kier molecular flexibility index (Phi) is 6.13. The van der Waals surface area contributed by atoms with Gasteiger partial charge in [0, 0.05) is 5.69 Å². The van der Waals surface area contributed by atoms with Crippen molar-refractivity contribution in [1.82, 2.24) is 0 Å². The Morgan fingerprint density at radius 2 is 1.78 bits per heavy atom. The van der Waals surface area contributed by atoms with Crippen LogP contribution >= 0.6 is 0 Å². The number of esters is 1. The van der Waals surface area contributed by atoms with E-state index < -0.39 is 33.8 Å². The van der Waals surface area contributed by atoms with Crippen molar-refractivity contribution in [2.45, 2.75) is 17.9 Å². The molecule has 0 heterocycles. The summed E-state index contributed by atoms with van der Waals surface area (Å²) in [6.45, 7) is 1.33. The molecule has 0 aliphatic heterocycles. The summed E-state index contributed by atoms with van der Waals surface area (Å²) in [5.41, 5.74) is 0.114. The lowest BCUT2D eigenvalue weighted by atomic mass is 10.2. The number of rotatable bonds is 6. The molecule has 0 aliphatic carbocycles. The van der Waals surface area contributed by atoms with Crippen molar-refractivity contribution in [3.63, 3.8) is 0 Å². The molecule has 0 spiro atoms. The molecule has 0 saturated carbocycles. The summed E-state index contributed by atoms with van der Waals surface area (Å²) in [5.74, 6) is -2.04. The smallest absolute Gasteiger partial charge is 0.342 e. The van der Waals surface area contributed by atoms with Crippen molar-refractivity contribution >= 4 is 27.6 Å². The van der Waals surface area contributed by atoms with E-state index in [1.165, 1.54) is 38.3 Å². The van der Waals surface area contributed by atoms with Crippen LogP contribution in [0.2, 0.25) is 0 Å². The Hall–Kier alpha value is -2.98. The van der Waals surface area contributed by atoms with Crippen LogP contribution in [-0.4, -0.2) is 33.5 Å². The van der Waals surface area contributed by atoms with Crippen LogP contribution in [0.3, 0.4) is 0 Å². The molecule has 1 atom stereocenters. The molecule has 8 nitrogen and oxygen atoms in total. The van der Waals surface area contributed by atoms with Crippen LogP contribution in [0.5, 0.6) is 5.75 Å². The molecule has 2 aromatic rings. The van der Waals surface area contributed by atoms with Gasteiger partial charge in [-0.3, -0.25) is 4.79 Å². The zero-order chi connectivity index (χ0) is 20.2. The van der Waals surface area contributed by atoms with E-state index in [4.69, 9.17) is 14.6 Å². The number of sulfonamides is 1. The molecule has 27 heavy (non-hydrogen) atoms. The molecule has 0 bridgehead atoms. The van der Waals surface area contributed by atoms with Crippen LogP contribution in [0.15, 0.2) is 47.4 Å². The van der Waals surface area contributed by atoms with E-state index in [2.05, 4.69) is 5.32 Å². The number of halogens is 1. The molecular formula is C17H17FN2O6S. The number of amides is 1. The van der Waals surface area contributed by atoms with Gasteiger partial charge in [0.25, 0.3) is 5.91 Å². The second-order valence-corrected chi connectivity index (χ2v) is 7.01. The first-order valence-electron chi connectivity index (χ1n) is 7.60. The van der Waals surface area contributed by atoms with Gasteiger partial charge in [0.05, 0.1) is 12.0 Å². The number of anilines is 1. The molecule has 0 unspecified atom stereocenters. The van der Waals surface area contributed by atoms with Gasteiger partial charge in [0.15, 0.2) is 6.10 Å². The van der Waals surface area contributed by atoms with Gasteiger partial charge >= 0.3 is 5.97 Å². The lowest BCUT2D eigenvalue weighted by molar-refractivity contribution is -0.123. The highest BCUT2D eigenvalue weighted by molar-refractivity contribution is 7.89. The fourth-order valence-corrected chi connectivity index (χ4v) is 2.62. The number of ether oxygens (including phenoxy) is 2.